The normalized spacial score (nSPS) is 12.1. The van der Waals surface area contributed by atoms with Crippen molar-refractivity contribution in [2.75, 3.05) is 6.61 Å². The van der Waals surface area contributed by atoms with Gasteiger partial charge < -0.3 is 15.2 Å². The summed E-state index contributed by atoms with van der Waals surface area (Å²) in [4.78, 5) is 22.7. The van der Waals surface area contributed by atoms with Crippen molar-refractivity contribution in [1.82, 2.24) is 5.32 Å². The van der Waals surface area contributed by atoms with Gasteiger partial charge in [0, 0.05) is 11.1 Å². The molecule has 20 heavy (non-hydrogen) atoms. The van der Waals surface area contributed by atoms with Gasteiger partial charge in [-0.2, -0.15) is 0 Å². The third-order valence-corrected chi connectivity index (χ3v) is 3.16. The minimum Gasteiger partial charge on any atom is -0.483 e. The van der Waals surface area contributed by atoms with Gasteiger partial charge in [0.25, 0.3) is 5.91 Å². The quantitative estimate of drug-likeness (QED) is 0.846. The van der Waals surface area contributed by atoms with Crippen LogP contribution in [0.15, 0.2) is 18.2 Å². The summed E-state index contributed by atoms with van der Waals surface area (Å²) >= 11 is 5.79. The van der Waals surface area contributed by atoms with E-state index >= 15 is 0 Å². The predicted octanol–water partition coefficient (Wildman–Crippen LogP) is 2.58. The number of carbonyl (C=O) groups is 2. The van der Waals surface area contributed by atoms with Gasteiger partial charge in [0.1, 0.15) is 11.3 Å². The number of amides is 1. The van der Waals surface area contributed by atoms with Crippen LogP contribution in [0, 0.1) is 5.92 Å². The van der Waals surface area contributed by atoms with E-state index in [0.717, 1.165) is 0 Å². The van der Waals surface area contributed by atoms with Crippen molar-refractivity contribution in [3.05, 3.63) is 28.8 Å². The first-order valence-electron chi connectivity index (χ1n) is 6.26. The highest BCUT2D eigenvalue weighted by Crippen LogP contribution is 2.23. The molecule has 0 spiro atoms. The molecular formula is C14H18ClNO4. The molecule has 1 aromatic carbocycles. The summed E-state index contributed by atoms with van der Waals surface area (Å²) in [5, 5.41) is 12.1. The van der Waals surface area contributed by atoms with Gasteiger partial charge in [-0.15, -0.1) is 0 Å². The molecule has 1 unspecified atom stereocenters. The maximum Gasteiger partial charge on any atom is 0.339 e. The molecular weight excluding hydrogens is 282 g/mol. The van der Waals surface area contributed by atoms with Crippen LogP contribution >= 0.6 is 11.6 Å². The first-order valence-corrected chi connectivity index (χ1v) is 6.64. The Bertz CT molecular complexity index is 502. The van der Waals surface area contributed by atoms with Crippen molar-refractivity contribution in [2.45, 2.75) is 26.8 Å². The monoisotopic (exact) mass is 299 g/mol. The Hall–Kier alpha value is -1.75. The van der Waals surface area contributed by atoms with Crippen molar-refractivity contribution >= 4 is 23.5 Å². The molecule has 0 aliphatic rings. The van der Waals surface area contributed by atoms with Crippen LogP contribution in [-0.2, 0) is 4.79 Å². The fraction of sp³-hybridized carbons (Fsp3) is 0.429. The minimum atomic E-state index is -1.13. The summed E-state index contributed by atoms with van der Waals surface area (Å²) in [6.07, 6.45) is 0. The standard InChI is InChI=1S/C14H18ClNO4/c1-8(2)9(3)16-13(17)7-20-12-6-10(15)4-5-11(12)14(18)19/h4-6,8-9H,7H2,1-3H3,(H,16,17)(H,18,19). The van der Waals surface area contributed by atoms with E-state index in [-0.39, 0.29) is 29.9 Å². The van der Waals surface area contributed by atoms with Crippen LogP contribution in [0.25, 0.3) is 0 Å². The number of rotatable bonds is 6. The predicted molar refractivity (Wildman–Crippen MR) is 76.3 cm³/mol. The highest BCUT2D eigenvalue weighted by Gasteiger charge is 2.15. The van der Waals surface area contributed by atoms with Gasteiger partial charge in [0.2, 0.25) is 0 Å². The Morgan fingerprint density at radius 3 is 2.55 bits per heavy atom. The van der Waals surface area contributed by atoms with Crippen molar-refractivity contribution in [1.29, 1.82) is 0 Å². The molecule has 6 heteroatoms. The van der Waals surface area contributed by atoms with Crippen molar-refractivity contribution in [3.8, 4) is 5.75 Å². The smallest absolute Gasteiger partial charge is 0.339 e. The van der Waals surface area contributed by atoms with Crippen LogP contribution in [0.1, 0.15) is 31.1 Å². The Balaban J connectivity index is 2.68. The number of hydrogen-bond donors (Lipinski definition) is 2. The van der Waals surface area contributed by atoms with Crippen molar-refractivity contribution in [3.63, 3.8) is 0 Å². The largest absolute Gasteiger partial charge is 0.483 e. The molecule has 0 saturated heterocycles. The first kappa shape index (κ1) is 16.3. The number of nitrogens with one attached hydrogen (secondary N) is 1. The molecule has 0 aliphatic carbocycles. The average Bonchev–Trinajstić information content (AvgIpc) is 2.35. The fourth-order valence-electron chi connectivity index (χ4n) is 1.40. The van der Waals surface area contributed by atoms with Gasteiger partial charge in [-0.05, 0) is 31.0 Å². The molecule has 110 valence electrons. The molecule has 0 heterocycles. The Labute approximate surface area is 122 Å². The van der Waals surface area contributed by atoms with Gasteiger partial charge in [0.15, 0.2) is 6.61 Å². The third kappa shape index (κ3) is 4.74. The Kier molecular flexibility index (Phi) is 5.82. The van der Waals surface area contributed by atoms with Crippen LogP contribution in [0.4, 0.5) is 0 Å². The van der Waals surface area contributed by atoms with Crippen LogP contribution in [0.2, 0.25) is 5.02 Å². The van der Waals surface area contributed by atoms with Crippen LogP contribution in [0.5, 0.6) is 5.75 Å². The maximum absolute atomic E-state index is 11.7. The lowest BCUT2D eigenvalue weighted by Gasteiger charge is -2.17. The van der Waals surface area contributed by atoms with Crippen LogP contribution in [0.3, 0.4) is 0 Å². The van der Waals surface area contributed by atoms with Gasteiger partial charge in [-0.1, -0.05) is 25.4 Å². The summed E-state index contributed by atoms with van der Waals surface area (Å²) in [6, 6.07) is 4.20. The molecule has 5 nitrogen and oxygen atoms in total. The van der Waals surface area contributed by atoms with Gasteiger partial charge >= 0.3 is 5.97 Å². The number of benzene rings is 1. The van der Waals surface area contributed by atoms with Gasteiger partial charge in [-0.3, -0.25) is 4.79 Å². The molecule has 1 atom stereocenters. The van der Waals surface area contributed by atoms with Gasteiger partial charge in [-0.25, -0.2) is 4.79 Å². The molecule has 1 aromatic rings. The van der Waals surface area contributed by atoms with Crippen molar-refractivity contribution in [2.24, 2.45) is 5.92 Å². The summed E-state index contributed by atoms with van der Waals surface area (Å²) in [5.41, 5.74) is -0.0286. The number of carbonyl (C=O) groups excluding carboxylic acids is 1. The number of halogens is 1. The molecule has 1 amide bonds. The number of hydrogen-bond acceptors (Lipinski definition) is 3. The van der Waals surface area contributed by atoms with E-state index in [9.17, 15) is 9.59 Å². The zero-order valence-corrected chi connectivity index (χ0v) is 12.4. The molecule has 0 aromatic heterocycles. The highest BCUT2D eigenvalue weighted by atomic mass is 35.5. The van der Waals surface area contributed by atoms with Crippen LogP contribution in [-0.4, -0.2) is 29.6 Å². The molecule has 0 saturated carbocycles. The minimum absolute atomic E-state index is 0.0180. The van der Waals surface area contributed by atoms with E-state index in [1.165, 1.54) is 18.2 Å². The summed E-state index contributed by atoms with van der Waals surface area (Å²) in [6.45, 7) is 5.62. The Morgan fingerprint density at radius 2 is 2.00 bits per heavy atom. The summed E-state index contributed by atoms with van der Waals surface area (Å²) in [5.74, 6) is -1.05. The zero-order valence-electron chi connectivity index (χ0n) is 11.6. The molecule has 0 bridgehead atoms. The molecule has 0 fully saturated rings. The van der Waals surface area contributed by atoms with E-state index in [1.54, 1.807) is 0 Å². The first-order chi connectivity index (χ1) is 9.31. The molecule has 2 N–H and O–H groups in total. The topological polar surface area (TPSA) is 75.6 Å². The second-order valence-corrected chi connectivity index (χ2v) is 5.27. The zero-order chi connectivity index (χ0) is 15.3. The molecule has 0 aliphatic heterocycles. The second kappa shape index (κ2) is 7.14. The summed E-state index contributed by atoms with van der Waals surface area (Å²) in [7, 11) is 0. The Morgan fingerprint density at radius 1 is 1.35 bits per heavy atom. The fourth-order valence-corrected chi connectivity index (χ4v) is 1.56. The molecule has 1 rings (SSSR count). The van der Waals surface area contributed by atoms with E-state index in [2.05, 4.69) is 5.32 Å². The lowest BCUT2D eigenvalue weighted by molar-refractivity contribution is -0.124. The van der Waals surface area contributed by atoms with Gasteiger partial charge in [0.05, 0.1) is 0 Å². The summed E-state index contributed by atoms with van der Waals surface area (Å²) < 4.78 is 5.24. The second-order valence-electron chi connectivity index (χ2n) is 4.83. The highest BCUT2D eigenvalue weighted by molar-refractivity contribution is 6.30. The maximum atomic E-state index is 11.7. The third-order valence-electron chi connectivity index (χ3n) is 2.92. The van der Waals surface area contributed by atoms with E-state index in [4.69, 9.17) is 21.4 Å². The SMILES string of the molecule is CC(C)C(C)NC(=O)COc1cc(Cl)ccc1C(=O)O. The molecule has 0 radical (unpaired) electrons. The number of carboxylic acid groups (broad SMARTS) is 1. The number of ether oxygens (including phenoxy) is 1. The lowest BCUT2D eigenvalue weighted by atomic mass is 10.1. The van der Waals surface area contributed by atoms with Crippen LogP contribution < -0.4 is 10.1 Å². The van der Waals surface area contributed by atoms with Crippen molar-refractivity contribution < 1.29 is 19.4 Å². The van der Waals surface area contributed by atoms with E-state index < -0.39 is 5.97 Å². The van der Waals surface area contributed by atoms with E-state index in [0.29, 0.717) is 10.9 Å². The average molecular weight is 300 g/mol. The number of carboxylic acids is 1. The van der Waals surface area contributed by atoms with E-state index in [1.807, 2.05) is 20.8 Å². The lowest BCUT2D eigenvalue weighted by Crippen LogP contribution is -2.39. The number of aromatic carboxylic acids is 1.